The van der Waals surface area contributed by atoms with Gasteiger partial charge in [-0.3, -0.25) is 0 Å². The van der Waals surface area contributed by atoms with E-state index in [9.17, 15) is 0 Å². The first kappa shape index (κ1) is 12.6. The first-order valence-electron chi connectivity index (χ1n) is 7.15. The molecule has 0 amide bonds. The van der Waals surface area contributed by atoms with E-state index in [-0.39, 0.29) is 5.54 Å². The molecule has 1 aromatic heterocycles. The Morgan fingerprint density at radius 2 is 2.11 bits per heavy atom. The van der Waals surface area contributed by atoms with Gasteiger partial charge in [0.05, 0.1) is 11.2 Å². The Morgan fingerprint density at radius 1 is 1.33 bits per heavy atom. The standard InChI is InChI=1S/C15H24N2S/c1-10-8-14(2,3)9-15(10,16-4)13-17-11-6-5-7-12(11)18-13/h10,16H,5-9H2,1-4H3. The molecule has 0 spiro atoms. The Hall–Kier alpha value is -0.410. The summed E-state index contributed by atoms with van der Waals surface area (Å²) >= 11 is 1.97. The maximum Gasteiger partial charge on any atom is 0.114 e. The number of thiazole rings is 1. The molecule has 0 aromatic carbocycles. The second kappa shape index (κ2) is 4.04. The molecule has 0 bridgehead atoms. The van der Waals surface area contributed by atoms with Gasteiger partial charge in [0.25, 0.3) is 0 Å². The van der Waals surface area contributed by atoms with Gasteiger partial charge in [0.2, 0.25) is 0 Å². The summed E-state index contributed by atoms with van der Waals surface area (Å²) in [6, 6.07) is 0. The van der Waals surface area contributed by atoms with Crippen LogP contribution in [-0.4, -0.2) is 12.0 Å². The van der Waals surface area contributed by atoms with Crippen LogP contribution in [0.4, 0.5) is 0 Å². The largest absolute Gasteiger partial charge is 0.308 e. The average molecular weight is 264 g/mol. The SMILES string of the molecule is CNC1(c2nc3c(s2)CCC3)CC(C)(C)CC1C. The van der Waals surface area contributed by atoms with Crippen LogP contribution in [0.3, 0.4) is 0 Å². The molecule has 2 unspecified atom stereocenters. The fraction of sp³-hybridized carbons (Fsp3) is 0.800. The fourth-order valence-corrected chi connectivity index (χ4v) is 5.57. The van der Waals surface area contributed by atoms with Gasteiger partial charge in [-0.2, -0.15) is 0 Å². The highest BCUT2D eigenvalue weighted by atomic mass is 32.1. The lowest BCUT2D eigenvalue weighted by atomic mass is 9.87. The van der Waals surface area contributed by atoms with E-state index in [1.54, 1.807) is 4.88 Å². The van der Waals surface area contributed by atoms with Crippen molar-refractivity contribution in [2.75, 3.05) is 7.05 Å². The Balaban J connectivity index is 2.01. The van der Waals surface area contributed by atoms with E-state index < -0.39 is 0 Å². The van der Waals surface area contributed by atoms with E-state index in [2.05, 4.69) is 33.1 Å². The topological polar surface area (TPSA) is 24.9 Å². The van der Waals surface area contributed by atoms with Gasteiger partial charge in [-0.1, -0.05) is 20.8 Å². The van der Waals surface area contributed by atoms with Gasteiger partial charge in [-0.15, -0.1) is 11.3 Å². The highest BCUT2D eigenvalue weighted by molar-refractivity contribution is 7.12. The predicted molar refractivity (Wildman–Crippen MR) is 77.1 cm³/mol. The molecule has 1 fully saturated rings. The average Bonchev–Trinajstić information content (AvgIpc) is 2.89. The van der Waals surface area contributed by atoms with Crippen molar-refractivity contribution in [3.8, 4) is 0 Å². The summed E-state index contributed by atoms with van der Waals surface area (Å²) in [5.41, 5.74) is 1.94. The van der Waals surface area contributed by atoms with Gasteiger partial charge >= 0.3 is 0 Å². The highest BCUT2D eigenvalue weighted by Crippen LogP contribution is 2.53. The number of rotatable bonds is 2. The normalized spacial score (nSPS) is 33.9. The quantitative estimate of drug-likeness (QED) is 0.884. The molecule has 2 aliphatic rings. The van der Waals surface area contributed by atoms with Crippen LogP contribution >= 0.6 is 11.3 Å². The summed E-state index contributed by atoms with van der Waals surface area (Å²) in [5.74, 6) is 0.670. The van der Waals surface area contributed by atoms with Crippen LogP contribution in [0.2, 0.25) is 0 Å². The van der Waals surface area contributed by atoms with Crippen molar-refractivity contribution in [3.05, 3.63) is 15.6 Å². The molecule has 100 valence electrons. The van der Waals surface area contributed by atoms with Crippen LogP contribution < -0.4 is 5.32 Å². The molecule has 1 N–H and O–H groups in total. The van der Waals surface area contributed by atoms with Crippen LogP contribution in [0.5, 0.6) is 0 Å². The highest BCUT2D eigenvalue weighted by Gasteiger charge is 2.50. The lowest BCUT2D eigenvalue weighted by Crippen LogP contribution is -2.42. The molecule has 0 aliphatic heterocycles. The van der Waals surface area contributed by atoms with E-state index in [0.717, 1.165) is 0 Å². The molecular formula is C15H24N2S. The fourth-order valence-electron chi connectivity index (χ4n) is 4.11. The van der Waals surface area contributed by atoms with Gasteiger partial charge in [0.15, 0.2) is 0 Å². The van der Waals surface area contributed by atoms with E-state index in [0.29, 0.717) is 11.3 Å². The number of hydrogen-bond donors (Lipinski definition) is 1. The molecule has 1 heterocycles. The molecule has 2 atom stereocenters. The summed E-state index contributed by atoms with van der Waals surface area (Å²) in [5, 5.41) is 4.99. The van der Waals surface area contributed by atoms with Gasteiger partial charge < -0.3 is 5.32 Å². The minimum Gasteiger partial charge on any atom is -0.308 e. The van der Waals surface area contributed by atoms with Crippen molar-refractivity contribution < 1.29 is 0 Å². The van der Waals surface area contributed by atoms with E-state index >= 15 is 0 Å². The van der Waals surface area contributed by atoms with Gasteiger partial charge in [0, 0.05) is 4.88 Å². The van der Waals surface area contributed by atoms with Crippen LogP contribution in [0.25, 0.3) is 0 Å². The second-order valence-electron chi connectivity index (χ2n) is 6.91. The maximum atomic E-state index is 4.99. The number of fused-ring (bicyclic) bond motifs is 1. The van der Waals surface area contributed by atoms with Gasteiger partial charge in [-0.25, -0.2) is 4.98 Å². The number of nitrogens with zero attached hydrogens (tertiary/aromatic N) is 1. The third-order valence-electron chi connectivity index (χ3n) is 4.88. The summed E-state index contributed by atoms with van der Waals surface area (Å²) in [6.07, 6.45) is 6.26. The molecule has 1 aromatic rings. The predicted octanol–water partition coefficient (Wildman–Crippen LogP) is 3.50. The van der Waals surface area contributed by atoms with Crippen molar-refractivity contribution >= 4 is 11.3 Å². The van der Waals surface area contributed by atoms with Crippen molar-refractivity contribution in [2.45, 2.75) is 58.4 Å². The number of nitrogens with one attached hydrogen (secondary N) is 1. The zero-order valence-corrected chi connectivity index (χ0v) is 12.8. The van der Waals surface area contributed by atoms with Crippen LogP contribution in [0.15, 0.2) is 0 Å². The summed E-state index contributed by atoms with van der Waals surface area (Å²) < 4.78 is 0. The first-order valence-corrected chi connectivity index (χ1v) is 7.96. The van der Waals surface area contributed by atoms with Crippen LogP contribution in [-0.2, 0) is 18.4 Å². The first-order chi connectivity index (χ1) is 8.47. The summed E-state index contributed by atoms with van der Waals surface area (Å²) in [6.45, 7) is 7.17. The molecule has 0 radical (unpaired) electrons. The second-order valence-corrected chi connectivity index (χ2v) is 7.99. The summed E-state index contributed by atoms with van der Waals surface area (Å²) in [4.78, 5) is 6.54. The lowest BCUT2D eigenvalue weighted by Gasteiger charge is -2.32. The molecule has 1 saturated carbocycles. The zero-order chi connectivity index (χ0) is 13.0. The van der Waals surface area contributed by atoms with Crippen molar-refractivity contribution in [2.24, 2.45) is 11.3 Å². The number of hydrogen-bond acceptors (Lipinski definition) is 3. The molecule has 18 heavy (non-hydrogen) atoms. The number of aryl methyl sites for hydroxylation is 2. The molecule has 2 aliphatic carbocycles. The molecule has 3 heteroatoms. The minimum absolute atomic E-state index is 0.124. The van der Waals surface area contributed by atoms with Crippen LogP contribution in [0.1, 0.15) is 55.6 Å². The summed E-state index contributed by atoms with van der Waals surface area (Å²) in [7, 11) is 2.12. The zero-order valence-electron chi connectivity index (χ0n) is 12.0. The molecule has 2 nitrogen and oxygen atoms in total. The maximum absolute atomic E-state index is 4.99. The third-order valence-corrected chi connectivity index (χ3v) is 6.22. The van der Waals surface area contributed by atoms with E-state index in [1.165, 1.54) is 42.8 Å². The monoisotopic (exact) mass is 264 g/mol. The Kier molecular flexibility index (Phi) is 2.83. The van der Waals surface area contributed by atoms with Crippen molar-refractivity contribution in [3.63, 3.8) is 0 Å². The van der Waals surface area contributed by atoms with Crippen LogP contribution in [0, 0.1) is 11.3 Å². The smallest absolute Gasteiger partial charge is 0.114 e. The van der Waals surface area contributed by atoms with Crippen molar-refractivity contribution in [1.82, 2.24) is 10.3 Å². The van der Waals surface area contributed by atoms with Crippen molar-refractivity contribution in [1.29, 1.82) is 0 Å². The third kappa shape index (κ3) is 1.75. The molecule has 0 saturated heterocycles. The molecular weight excluding hydrogens is 240 g/mol. The van der Waals surface area contributed by atoms with E-state index in [1.807, 2.05) is 11.3 Å². The van der Waals surface area contributed by atoms with E-state index in [4.69, 9.17) is 4.98 Å². The lowest BCUT2D eigenvalue weighted by molar-refractivity contribution is 0.270. The number of aromatic nitrogens is 1. The minimum atomic E-state index is 0.124. The van der Waals surface area contributed by atoms with Gasteiger partial charge in [-0.05, 0) is 50.5 Å². The molecule has 3 rings (SSSR count). The Morgan fingerprint density at radius 3 is 2.67 bits per heavy atom. The Bertz CT molecular complexity index is 442. The Labute approximate surface area is 114 Å². The van der Waals surface area contributed by atoms with Gasteiger partial charge in [0.1, 0.15) is 5.01 Å².